The van der Waals surface area contributed by atoms with Crippen LogP contribution in [0.5, 0.6) is 5.75 Å². The first-order chi connectivity index (χ1) is 11.0. The van der Waals surface area contributed by atoms with E-state index in [1.54, 1.807) is 14.2 Å². The van der Waals surface area contributed by atoms with Gasteiger partial charge in [-0.2, -0.15) is 11.8 Å². The first-order valence-electron chi connectivity index (χ1n) is 8.06. The van der Waals surface area contributed by atoms with Crippen LogP contribution in [0, 0.1) is 13.8 Å². The summed E-state index contributed by atoms with van der Waals surface area (Å²) < 4.78 is 5.78. The Balaban J connectivity index is 0.00000288. The van der Waals surface area contributed by atoms with Crippen molar-refractivity contribution in [1.82, 2.24) is 15.6 Å². The number of hydrogen-bond donors (Lipinski definition) is 2. The van der Waals surface area contributed by atoms with E-state index < -0.39 is 0 Å². The summed E-state index contributed by atoms with van der Waals surface area (Å²) in [5, 5.41) is 6.79. The number of methoxy groups -OCH3 is 1. The standard InChI is InChI=1S/C17H28N4OS.HI/c1-12-9-19-14(13(2)15(12)22-5)10-20-16(18-4)21-11-17(3)7-6-8-23-17;/h9H,6-8,10-11H2,1-5H3,(H2,18,20,21);1H. The van der Waals surface area contributed by atoms with E-state index in [0.29, 0.717) is 11.3 Å². The summed E-state index contributed by atoms with van der Waals surface area (Å²) in [6, 6.07) is 0. The maximum Gasteiger partial charge on any atom is 0.191 e. The second-order valence-electron chi connectivity index (χ2n) is 6.23. The summed E-state index contributed by atoms with van der Waals surface area (Å²) in [6.45, 7) is 7.94. The molecule has 0 radical (unpaired) electrons. The van der Waals surface area contributed by atoms with E-state index >= 15 is 0 Å². The molecule has 0 spiro atoms. The third kappa shape index (κ3) is 5.40. The van der Waals surface area contributed by atoms with Crippen LogP contribution >= 0.6 is 35.7 Å². The summed E-state index contributed by atoms with van der Waals surface area (Å²) in [5.74, 6) is 2.99. The summed E-state index contributed by atoms with van der Waals surface area (Å²) >= 11 is 2.05. The van der Waals surface area contributed by atoms with Gasteiger partial charge in [0, 0.05) is 35.7 Å². The largest absolute Gasteiger partial charge is 0.496 e. The molecule has 2 N–H and O–H groups in total. The summed E-state index contributed by atoms with van der Waals surface area (Å²) in [6.07, 6.45) is 4.42. The predicted octanol–water partition coefficient (Wildman–Crippen LogP) is 3.28. The monoisotopic (exact) mass is 464 g/mol. The van der Waals surface area contributed by atoms with Crippen LogP contribution in [0.25, 0.3) is 0 Å². The van der Waals surface area contributed by atoms with Crippen molar-refractivity contribution in [2.45, 2.75) is 44.9 Å². The molecule has 1 aliphatic rings. The zero-order chi connectivity index (χ0) is 16.9. The van der Waals surface area contributed by atoms with E-state index in [1.807, 2.05) is 31.8 Å². The topological polar surface area (TPSA) is 58.5 Å². The van der Waals surface area contributed by atoms with E-state index in [1.165, 1.54) is 18.6 Å². The summed E-state index contributed by atoms with van der Waals surface area (Å²) in [7, 11) is 3.50. The first-order valence-corrected chi connectivity index (χ1v) is 9.05. The van der Waals surface area contributed by atoms with Crippen LogP contribution < -0.4 is 15.4 Å². The molecule has 0 amide bonds. The Morgan fingerprint density at radius 2 is 2.17 bits per heavy atom. The van der Waals surface area contributed by atoms with Gasteiger partial charge in [-0.05, 0) is 39.4 Å². The average molecular weight is 464 g/mol. The molecular weight excluding hydrogens is 435 g/mol. The van der Waals surface area contributed by atoms with Gasteiger partial charge >= 0.3 is 0 Å². The number of aryl methyl sites for hydroxylation is 1. The lowest BCUT2D eigenvalue weighted by molar-refractivity contribution is 0.406. The number of nitrogens with one attached hydrogen (secondary N) is 2. The maximum atomic E-state index is 5.46. The smallest absolute Gasteiger partial charge is 0.191 e. The Morgan fingerprint density at radius 3 is 2.75 bits per heavy atom. The van der Waals surface area contributed by atoms with Gasteiger partial charge in [0.1, 0.15) is 5.75 Å². The van der Waals surface area contributed by atoms with E-state index in [0.717, 1.165) is 35.1 Å². The summed E-state index contributed by atoms with van der Waals surface area (Å²) in [5.41, 5.74) is 3.12. The molecule has 0 aromatic carbocycles. The second-order valence-corrected chi connectivity index (χ2v) is 7.91. The predicted molar refractivity (Wildman–Crippen MR) is 114 cm³/mol. The fourth-order valence-electron chi connectivity index (χ4n) is 2.88. The minimum absolute atomic E-state index is 0. The normalized spacial score (nSPS) is 20.5. The molecule has 2 rings (SSSR count). The van der Waals surface area contributed by atoms with Gasteiger partial charge in [0.05, 0.1) is 19.3 Å². The second kappa shape index (κ2) is 9.70. The van der Waals surface area contributed by atoms with Crippen LogP contribution in [0.3, 0.4) is 0 Å². The molecule has 5 nitrogen and oxygen atoms in total. The Labute approximate surface area is 166 Å². The van der Waals surface area contributed by atoms with Crippen molar-refractivity contribution in [3.05, 3.63) is 23.0 Å². The van der Waals surface area contributed by atoms with Crippen molar-refractivity contribution in [1.29, 1.82) is 0 Å². The molecule has 1 fully saturated rings. The van der Waals surface area contributed by atoms with Crippen LogP contribution in [0.4, 0.5) is 0 Å². The minimum atomic E-state index is 0. The molecule has 0 saturated carbocycles. The summed E-state index contributed by atoms with van der Waals surface area (Å²) in [4.78, 5) is 8.83. The van der Waals surface area contributed by atoms with E-state index in [9.17, 15) is 0 Å². The van der Waals surface area contributed by atoms with E-state index in [-0.39, 0.29) is 24.0 Å². The molecule has 7 heteroatoms. The number of hydrogen-bond acceptors (Lipinski definition) is 4. The Morgan fingerprint density at radius 1 is 1.42 bits per heavy atom. The van der Waals surface area contributed by atoms with Crippen LogP contribution in [-0.2, 0) is 6.54 Å². The lowest BCUT2D eigenvalue weighted by Crippen LogP contribution is -2.43. The highest BCUT2D eigenvalue weighted by atomic mass is 127. The molecule has 1 aromatic heterocycles. The fourth-order valence-corrected chi connectivity index (χ4v) is 4.13. The highest BCUT2D eigenvalue weighted by Crippen LogP contribution is 2.36. The Hall–Kier alpha value is -0.700. The number of guanidine groups is 1. The Bertz CT molecular complexity index is 574. The molecular formula is C17H29IN4OS. The van der Waals surface area contributed by atoms with E-state index in [4.69, 9.17) is 4.74 Å². The lowest BCUT2D eigenvalue weighted by Gasteiger charge is -2.24. The van der Waals surface area contributed by atoms with Gasteiger partial charge in [-0.3, -0.25) is 9.98 Å². The van der Waals surface area contributed by atoms with Crippen molar-refractivity contribution in [2.24, 2.45) is 4.99 Å². The molecule has 2 heterocycles. The molecule has 24 heavy (non-hydrogen) atoms. The molecule has 0 aliphatic carbocycles. The highest BCUT2D eigenvalue weighted by molar-refractivity contribution is 14.0. The fraction of sp³-hybridized carbons (Fsp3) is 0.647. The van der Waals surface area contributed by atoms with Crippen molar-refractivity contribution in [3.63, 3.8) is 0 Å². The quantitative estimate of drug-likeness (QED) is 0.398. The first kappa shape index (κ1) is 21.3. The van der Waals surface area contributed by atoms with Crippen molar-refractivity contribution < 1.29 is 4.74 Å². The van der Waals surface area contributed by atoms with Crippen LogP contribution in [0.15, 0.2) is 11.2 Å². The molecule has 0 bridgehead atoms. The van der Waals surface area contributed by atoms with Crippen molar-refractivity contribution in [2.75, 3.05) is 26.5 Å². The molecule has 1 aromatic rings. The number of pyridine rings is 1. The van der Waals surface area contributed by atoms with Crippen LogP contribution in [-0.4, -0.2) is 42.1 Å². The molecule has 1 unspecified atom stereocenters. The maximum absolute atomic E-state index is 5.46. The van der Waals surface area contributed by atoms with Gasteiger partial charge in [-0.25, -0.2) is 0 Å². The molecule has 1 saturated heterocycles. The number of aliphatic imine (C=N–C) groups is 1. The van der Waals surface area contributed by atoms with Crippen LogP contribution in [0.1, 0.15) is 36.6 Å². The number of halogens is 1. The third-order valence-corrected chi connectivity index (χ3v) is 5.87. The van der Waals surface area contributed by atoms with Gasteiger partial charge in [-0.1, -0.05) is 0 Å². The zero-order valence-electron chi connectivity index (χ0n) is 15.2. The Kier molecular flexibility index (Phi) is 8.62. The zero-order valence-corrected chi connectivity index (χ0v) is 18.4. The van der Waals surface area contributed by atoms with E-state index in [2.05, 4.69) is 27.5 Å². The molecule has 1 aliphatic heterocycles. The van der Waals surface area contributed by atoms with Gasteiger partial charge in [-0.15, -0.1) is 24.0 Å². The van der Waals surface area contributed by atoms with Crippen molar-refractivity contribution in [3.8, 4) is 5.75 Å². The SMILES string of the molecule is CN=C(NCc1ncc(C)c(OC)c1C)NCC1(C)CCCS1.I. The van der Waals surface area contributed by atoms with Crippen LogP contribution in [0.2, 0.25) is 0 Å². The number of rotatable bonds is 5. The number of aromatic nitrogens is 1. The average Bonchev–Trinajstić information content (AvgIpc) is 2.97. The minimum Gasteiger partial charge on any atom is -0.496 e. The molecule has 136 valence electrons. The molecule has 1 atom stereocenters. The lowest BCUT2D eigenvalue weighted by atomic mass is 10.1. The van der Waals surface area contributed by atoms with Gasteiger partial charge < -0.3 is 15.4 Å². The van der Waals surface area contributed by atoms with Gasteiger partial charge in [0.15, 0.2) is 5.96 Å². The third-order valence-electron chi connectivity index (χ3n) is 4.33. The van der Waals surface area contributed by atoms with Gasteiger partial charge in [0.2, 0.25) is 0 Å². The highest BCUT2D eigenvalue weighted by Gasteiger charge is 2.29. The number of ether oxygens (including phenoxy) is 1. The van der Waals surface area contributed by atoms with Gasteiger partial charge in [0.25, 0.3) is 0 Å². The number of nitrogens with zero attached hydrogens (tertiary/aromatic N) is 2. The van der Waals surface area contributed by atoms with Crippen molar-refractivity contribution >= 4 is 41.7 Å². The number of thioether (sulfide) groups is 1.